The number of amides is 1. The van der Waals surface area contributed by atoms with E-state index in [1.807, 2.05) is 60.4 Å². The molecule has 5 nitrogen and oxygen atoms in total. The van der Waals surface area contributed by atoms with E-state index in [1.54, 1.807) is 6.07 Å². The van der Waals surface area contributed by atoms with Crippen molar-refractivity contribution in [1.29, 1.82) is 0 Å². The molecule has 2 aromatic carbocycles. The Morgan fingerprint density at radius 2 is 1.82 bits per heavy atom. The number of rotatable bonds is 9. The molecule has 0 saturated heterocycles. The van der Waals surface area contributed by atoms with Crippen LogP contribution in [0.25, 0.3) is 11.0 Å². The van der Waals surface area contributed by atoms with Gasteiger partial charge in [-0.25, -0.2) is 4.79 Å². The van der Waals surface area contributed by atoms with Crippen molar-refractivity contribution in [2.24, 2.45) is 0 Å². The maximum atomic E-state index is 12.5. The summed E-state index contributed by atoms with van der Waals surface area (Å²) in [5, 5.41) is 4.20. The van der Waals surface area contributed by atoms with Gasteiger partial charge in [0.1, 0.15) is 5.58 Å². The smallest absolute Gasteiger partial charge is 0.338 e. The summed E-state index contributed by atoms with van der Waals surface area (Å²) in [5.74, 6) is 0.178. The quantitative estimate of drug-likeness (QED) is 0.442. The first kappa shape index (κ1) is 19.7. The molecule has 0 spiro atoms. The standard InChI is InChI=1S/C23H26N2O3/c1-2-9-22(26)25(17-18-10-4-3-5-11-18)15-8-14-24-20-16-23(27)28-21-13-7-6-12-19(20)21/h3-7,10-13,16,24H,2,8-9,14-15,17H2,1H3. The molecule has 0 saturated carbocycles. The Labute approximate surface area is 165 Å². The predicted molar refractivity (Wildman–Crippen MR) is 112 cm³/mol. The minimum absolute atomic E-state index is 0.178. The Morgan fingerprint density at radius 1 is 1.07 bits per heavy atom. The fourth-order valence-corrected chi connectivity index (χ4v) is 3.22. The summed E-state index contributed by atoms with van der Waals surface area (Å²) < 4.78 is 5.22. The average Bonchev–Trinajstić information content (AvgIpc) is 2.71. The number of carbonyl (C=O) groups excluding carboxylic acids is 1. The van der Waals surface area contributed by atoms with Gasteiger partial charge in [-0.05, 0) is 30.5 Å². The molecule has 0 aliphatic heterocycles. The summed E-state index contributed by atoms with van der Waals surface area (Å²) in [6.45, 7) is 3.97. The summed E-state index contributed by atoms with van der Waals surface area (Å²) in [7, 11) is 0. The predicted octanol–water partition coefficient (Wildman–Crippen LogP) is 4.42. The summed E-state index contributed by atoms with van der Waals surface area (Å²) in [6, 6.07) is 19.0. The molecule has 3 rings (SSSR count). The van der Waals surface area contributed by atoms with Crippen LogP contribution in [0.4, 0.5) is 5.69 Å². The van der Waals surface area contributed by atoms with Gasteiger partial charge in [-0.15, -0.1) is 0 Å². The van der Waals surface area contributed by atoms with E-state index in [0.717, 1.165) is 29.5 Å². The molecule has 3 aromatic rings. The Hall–Kier alpha value is -3.08. The van der Waals surface area contributed by atoms with Crippen molar-refractivity contribution in [3.05, 3.63) is 76.6 Å². The lowest BCUT2D eigenvalue weighted by atomic mass is 10.2. The number of fused-ring (bicyclic) bond motifs is 1. The Morgan fingerprint density at radius 3 is 2.61 bits per heavy atom. The number of anilines is 1. The average molecular weight is 378 g/mol. The molecular weight excluding hydrogens is 352 g/mol. The maximum Gasteiger partial charge on any atom is 0.338 e. The van der Waals surface area contributed by atoms with Crippen molar-refractivity contribution in [2.75, 3.05) is 18.4 Å². The minimum Gasteiger partial charge on any atom is -0.423 e. The lowest BCUT2D eigenvalue weighted by molar-refractivity contribution is -0.131. The van der Waals surface area contributed by atoms with Gasteiger partial charge >= 0.3 is 5.63 Å². The van der Waals surface area contributed by atoms with Crippen LogP contribution in [-0.2, 0) is 11.3 Å². The molecule has 0 fully saturated rings. The summed E-state index contributed by atoms with van der Waals surface area (Å²) in [6.07, 6.45) is 2.19. The van der Waals surface area contributed by atoms with Gasteiger partial charge in [0.15, 0.2) is 0 Å². The zero-order valence-electron chi connectivity index (χ0n) is 16.2. The van der Waals surface area contributed by atoms with Crippen LogP contribution < -0.4 is 10.9 Å². The van der Waals surface area contributed by atoms with E-state index in [1.165, 1.54) is 6.07 Å². The molecule has 0 radical (unpaired) electrons. The topological polar surface area (TPSA) is 62.6 Å². The zero-order chi connectivity index (χ0) is 19.8. The third kappa shape index (κ3) is 5.22. The van der Waals surface area contributed by atoms with Gasteiger partial charge in [0.05, 0.1) is 5.69 Å². The molecule has 0 atom stereocenters. The van der Waals surface area contributed by atoms with Crippen molar-refractivity contribution in [3.8, 4) is 0 Å². The number of hydrogen-bond acceptors (Lipinski definition) is 4. The third-order valence-corrected chi connectivity index (χ3v) is 4.60. The molecule has 0 unspecified atom stereocenters. The van der Waals surface area contributed by atoms with Crippen molar-refractivity contribution in [2.45, 2.75) is 32.7 Å². The van der Waals surface area contributed by atoms with Crippen LogP contribution in [0.2, 0.25) is 0 Å². The summed E-state index contributed by atoms with van der Waals surface area (Å²) in [5.41, 5.74) is 2.10. The van der Waals surface area contributed by atoms with E-state index >= 15 is 0 Å². The maximum absolute atomic E-state index is 12.5. The molecule has 0 aliphatic rings. The molecule has 28 heavy (non-hydrogen) atoms. The van der Waals surface area contributed by atoms with Crippen molar-refractivity contribution in [1.82, 2.24) is 4.90 Å². The first-order valence-electron chi connectivity index (χ1n) is 9.76. The van der Waals surface area contributed by atoms with Crippen LogP contribution in [0.15, 0.2) is 69.9 Å². The van der Waals surface area contributed by atoms with Crippen molar-refractivity contribution in [3.63, 3.8) is 0 Å². The first-order valence-corrected chi connectivity index (χ1v) is 9.76. The van der Waals surface area contributed by atoms with Crippen LogP contribution in [0.1, 0.15) is 31.7 Å². The fourth-order valence-electron chi connectivity index (χ4n) is 3.22. The third-order valence-electron chi connectivity index (χ3n) is 4.60. The normalized spacial score (nSPS) is 10.8. The van der Waals surface area contributed by atoms with E-state index in [4.69, 9.17) is 4.42 Å². The molecule has 146 valence electrons. The Balaban J connectivity index is 1.61. The highest BCUT2D eigenvalue weighted by Crippen LogP contribution is 2.20. The van der Waals surface area contributed by atoms with E-state index in [2.05, 4.69) is 5.32 Å². The second-order valence-electron chi connectivity index (χ2n) is 6.81. The van der Waals surface area contributed by atoms with Gasteiger partial charge in [0.2, 0.25) is 5.91 Å². The monoisotopic (exact) mass is 378 g/mol. The van der Waals surface area contributed by atoms with E-state index in [-0.39, 0.29) is 11.5 Å². The summed E-state index contributed by atoms with van der Waals surface area (Å²) in [4.78, 5) is 26.1. The van der Waals surface area contributed by atoms with Crippen LogP contribution in [0, 0.1) is 0 Å². The van der Waals surface area contributed by atoms with Crippen molar-refractivity contribution < 1.29 is 9.21 Å². The van der Waals surface area contributed by atoms with E-state index < -0.39 is 0 Å². The van der Waals surface area contributed by atoms with Gasteiger partial charge in [-0.2, -0.15) is 0 Å². The summed E-state index contributed by atoms with van der Waals surface area (Å²) >= 11 is 0. The molecular formula is C23H26N2O3. The molecule has 1 N–H and O–H groups in total. The molecule has 1 heterocycles. The zero-order valence-corrected chi connectivity index (χ0v) is 16.2. The number of para-hydroxylation sites is 1. The highest BCUT2D eigenvalue weighted by Gasteiger charge is 2.13. The lowest BCUT2D eigenvalue weighted by Crippen LogP contribution is -2.32. The number of benzene rings is 2. The van der Waals surface area contributed by atoms with Crippen LogP contribution in [-0.4, -0.2) is 23.9 Å². The van der Waals surface area contributed by atoms with Gasteiger partial charge in [0, 0.05) is 37.5 Å². The lowest BCUT2D eigenvalue weighted by Gasteiger charge is -2.23. The fraction of sp³-hybridized carbons (Fsp3) is 0.304. The van der Waals surface area contributed by atoms with Crippen LogP contribution >= 0.6 is 0 Å². The molecule has 0 aliphatic carbocycles. The number of nitrogens with one attached hydrogen (secondary N) is 1. The Bertz CT molecular complexity index is 966. The van der Waals surface area contributed by atoms with E-state index in [0.29, 0.717) is 31.6 Å². The second kappa shape index (κ2) is 9.74. The van der Waals surface area contributed by atoms with Crippen LogP contribution in [0.3, 0.4) is 0 Å². The van der Waals surface area contributed by atoms with Crippen LogP contribution in [0.5, 0.6) is 0 Å². The second-order valence-corrected chi connectivity index (χ2v) is 6.81. The number of nitrogens with zero attached hydrogens (tertiary/aromatic N) is 1. The highest BCUT2D eigenvalue weighted by molar-refractivity contribution is 5.89. The molecule has 1 aromatic heterocycles. The van der Waals surface area contributed by atoms with Gasteiger partial charge < -0.3 is 14.6 Å². The number of carbonyl (C=O) groups is 1. The van der Waals surface area contributed by atoms with E-state index in [9.17, 15) is 9.59 Å². The van der Waals surface area contributed by atoms with Gasteiger partial charge in [-0.1, -0.05) is 49.4 Å². The van der Waals surface area contributed by atoms with Gasteiger partial charge in [-0.3, -0.25) is 4.79 Å². The SMILES string of the molecule is CCCC(=O)N(CCCNc1cc(=O)oc2ccccc12)Cc1ccccc1. The highest BCUT2D eigenvalue weighted by atomic mass is 16.4. The first-order chi connectivity index (χ1) is 13.7. The van der Waals surface area contributed by atoms with Crippen molar-refractivity contribution >= 4 is 22.6 Å². The minimum atomic E-state index is -0.370. The molecule has 1 amide bonds. The van der Waals surface area contributed by atoms with Gasteiger partial charge in [0.25, 0.3) is 0 Å². The number of hydrogen-bond donors (Lipinski definition) is 1. The molecule has 0 bridgehead atoms. The largest absolute Gasteiger partial charge is 0.423 e. The molecule has 5 heteroatoms. The Kier molecular flexibility index (Phi) is 6.84.